The van der Waals surface area contributed by atoms with Gasteiger partial charge < -0.3 is 5.32 Å². The van der Waals surface area contributed by atoms with E-state index in [2.05, 4.69) is 15.5 Å². The minimum Gasteiger partial charge on any atom is -0.349 e. The summed E-state index contributed by atoms with van der Waals surface area (Å²) in [6, 6.07) is 3.04. The zero-order valence-corrected chi connectivity index (χ0v) is 11.2. The van der Waals surface area contributed by atoms with E-state index in [-0.39, 0.29) is 18.1 Å². The maximum Gasteiger partial charge on any atom is 0.280 e. The van der Waals surface area contributed by atoms with Crippen LogP contribution in [0.3, 0.4) is 0 Å². The molecule has 0 unspecified atom stereocenters. The summed E-state index contributed by atoms with van der Waals surface area (Å²) in [6.45, 7) is 1.67. The Kier molecular flexibility index (Phi) is 4.11. The van der Waals surface area contributed by atoms with Crippen molar-refractivity contribution in [3.8, 4) is 0 Å². The van der Waals surface area contributed by atoms with Crippen LogP contribution in [-0.2, 0) is 24.9 Å². The molecular formula is C12H15F2N5O. The van der Waals surface area contributed by atoms with Gasteiger partial charge in [0, 0.05) is 13.2 Å². The van der Waals surface area contributed by atoms with Crippen LogP contribution in [0.4, 0.5) is 8.78 Å². The molecule has 0 aliphatic carbocycles. The summed E-state index contributed by atoms with van der Waals surface area (Å²) in [5.41, 5.74) is 1.03. The quantitative estimate of drug-likeness (QED) is 0.896. The predicted molar refractivity (Wildman–Crippen MR) is 67.0 cm³/mol. The summed E-state index contributed by atoms with van der Waals surface area (Å²) in [7, 11) is 1.76. The summed E-state index contributed by atoms with van der Waals surface area (Å²) < 4.78 is 28.2. The van der Waals surface area contributed by atoms with Gasteiger partial charge in [-0.15, -0.1) is 0 Å². The highest BCUT2D eigenvalue weighted by Crippen LogP contribution is 2.19. The Labute approximate surface area is 114 Å². The third-order valence-corrected chi connectivity index (χ3v) is 2.84. The number of hydrogen-bond acceptors (Lipinski definition) is 3. The van der Waals surface area contributed by atoms with E-state index in [9.17, 15) is 13.6 Å². The molecule has 108 valence electrons. The third kappa shape index (κ3) is 3.19. The average Bonchev–Trinajstić information content (AvgIpc) is 2.93. The monoisotopic (exact) mass is 283 g/mol. The molecule has 2 aromatic heterocycles. The number of nitrogens with zero attached hydrogens (tertiary/aromatic N) is 4. The Balaban J connectivity index is 1.96. The van der Waals surface area contributed by atoms with Crippen LogP contribution in [0.1, 0.15) is 23.5 Å². The summed E-state index contributed by atoms with van der Waals surface area (Å²) in [6.07, 6.45) is -1.03. The van der Waals surface area contributed by atoms with E-state index < -0.39 is 6.43 Å². The number of carbonyl (C=O) groups is 1. The molecule has 2 heterocycles. The van der Waals surface area contributed by atoms with Gasteiger partial charge in [-0.25, -0.2) is 8.78 Å². The summed E-state index contributed by atoms with van der Waals surface area (Å²) >= 11 is 0. The van der Waals surface area contributed by atoms with Crippen LogP contribution in [0, 0.1) is 6.92 Å². The number of aromatic nitrogens is 4. The molecular weight excluding hydrogens is 268 g/mol. The van der Waals surface area contributed by atoms with Crippen molar-refractivity contribution in [2.45, 2.75) is 26.4 Å². The number of hydrogen-bond donors (Lipinski definition) is 1. The van der Waals surface area contributed by atoms with Gasteiger partial charge in [-0.1, -0.05) is 0 Å². The fourth-order valence-electron chi connectivity index (χ4n) is 1.82. The number of amides is 1. The lowest BCUT2D eigenvalue weighted by Crippen LogP contribution is -2.29. The first kappa shape index (κ1) is 14.2. The normalized spacial score (nSPS) is 11.1. The second-order valence-electron chi connectivity index (χ2n) is 4.39. The number of nitrogens with one attached hydrogen (secondary N) is 1. The van der Waals surface area contributed by atoms with Gasteiger partial charge in [0.2, 0.25) is 5.91 Å². The average molecular weight is 283 g/mol. The fourth-order valence-corrected chi connectivity index (χ4v) is 1.82. The molecule has 0 radical (unpaired) electrons. The first-order valence-electron chi connectivity index (χ1n) is 6.03. The zero-order chi connectivity index (χ0) is 14.7. The summed E-state index contributed by atoms with van der Waals surface area (Å²) in [5.74, 6) is -0.379. The summed E-state index contributed by atoms with van der Waals surface area (Å²) in [5, 5.41) is 10.5. The van der Waals surface area contributed by atoms with Gasteiger partial charge in [-0.05, 0) is 19.1 Å². The number of alkyl halides is 2. The molecule has 20 heavy (non-hydrogen) atoms. The van der Waals surface area contributed by atoms with Crippen molar-refractivity contribution in [2.75, 3.05) is 0 Å². The molecule has 0 aromatic carbocycles. The summed E-state index contributed by atoms with van der Waals surface area (Å²) in [4.78, 5) is 11.8. The number of rotatable bonds is 5. The molecule has 2 rings (SSSR count). The number of carbonyl (C=O) groups excluding carboxylic acids is 1. The molecule has 0 saturated carbocycles. The van der Waals surface area contributed by atoms with Crippen LogP contribution < -0.4 is 5.32 Å². The first-order chi connectivity index (χ1) is 9.47. The highest BCUT2D eigenvalue weighted by atomic mass is 19.3. The Morgan fingerprint density at radius 2 is 2.25 bits per heavy atom. The van der Waals surface area contributed by atoms with Crippen LogP contribution >= 0.6 is 0 Å². The lowest BCUT2D eigenvalue weighted by Gasteiger charge is -2.08. The van der Waals surface area contributed by atoms with E-state index >= 15 is 0 Å². The molecule has 2 aromatic rings. The molecule has 0 fully saturated rings. The second-order valence-corrected chi connectivity index (χ2v) is 4.39. The molecule has 1 amide bonds. The van der Waals surface area contributed by atoms with Gasteiger partial charge in [-0.3, -0.25) is 14.2 Å². The van der Waals surface area contributed by atoms with E-state index in [1.165, 1.54) is 6.07 Å². The van der Waals surface area contributed by atoms with E-state index in [1.54, 1.807) is 30.9 Å². The minimum atomic E-state index is -2.65. The Morgan fingerprint density at radius 3 is 2.85 bits per heavy atom. The third-order valence-electron chi connectivity index (χ3n) is 2.84. The number of halogens is 2. The van der Waals surface area contributed by atoms with Crippen molar-refractivity contribution in [3.63, 3.8) is 0 Å². The van der Waals surface area contributed by atoms with E-state index in [1.807, 2.05) is 0 Å². The number of aryl methyl sites for hydroxylation is 2. The molecule has 0 aliphatic heterocycles. The topological polar surface area (TPSA) is 64.7 Å². The van der Waals surface area contributed by atoms with Crippen molar-refractivity contribution in [2.24, 2.45) is 7.05 Å². The van der Waals surface area contributed by atoms with Crippen LogP contribution in [-0.4, -0.2) is 25.5 Å². The fraction of sp³-hybridized carbons (Fsp3) is 0.417. The first-order valence-corrected chi connectivity index (χ1v) is 6.03. The molecule has 6 nitrogen and oxygen atoms in total. The van der Waals surface area contributed by atoms with Crippen molar-refractivity contribution in [3.05, 3.63) is 35.4 Å². The molecule has 0 spiro atoms. The second kappa shape index (κ2) is 5.81. The Morgan fingerprint density at radius 1 is 1.50 bits per heavy atom. The van der Waals surface area contributed by atoms with Gasteiger partial charge in [0.25, 0.3) is 6.43 Å². The molecule has 0 aliphatic rings. The van der Waals surface area contributed by atoms with E-state index in [4.69, 9.17) is 0 Å². The van der Waals surface area contributed by atoms with Crippen molar-refractivity contribution < 1.29 is 13.6 Å². The lowest BCUT2D eigenvalue weighted by molar-refractivity contribution is -0.122. The highest BCUT2D eigenvalue weighted by molar-refractivity contribution is 5.75. The maximum absolute atomic E-state index is 12.7. The van der Waals surface area contributed by atoms with Gasteiger partial charge in [0.05, 0.1) is 17.9 Å². The highest BCUT2D eigenvalue weighted by Gasteiger charge is 2.17. The van der Waals surface area contributed by atoms with Gasteiger partial charge in [0.15, 0.2) is 0 Å². The largest absolute Gasteiger partial charge is 0.349 e. The van der Waals surface area contributed by atoms with Gasteiger partial charge in [-0.2, -0.15) is 10.2 Å². The zero-order valence-electron chi connectivity index (χ0n) is 11.2. The minimum absolute atomic E-state index is 0.231. The smallest absolute Gasteiger partial charge is 0.280 e. The lowest BCUT2D eigenvalue weighted by atomic mass is 10.4. The Bertz CT molecular complexity index is 605. The van der Waals surface area contributed by atoms with Crippen molar-refractivity contribution >= 4 is 5.91 Å². The van der Waals surface area contributed by atoms with Gasteiger partial charge in [0.1, 0.15) is 12.2 Å². The Hall–Kier alpha value is -2.25. The van der Waals surface area contributed by atoms with E-state index in [0.717, 1.165) is 10.4 Å². The molecule has 0 saturated heterocycles. The van der Waals surface area contributed by atoms with Crippen LogP contribution in [0.2, 0.25) is 0 Å². The van der Waals surface area contributed by atoms with Crippen LogP contribution in [0.5, 0.6) is 0 Å². The molecule has 0 bridgehead atoms. The standard InChI is InChI=1S/C12H15F2N5O/c1-8-5-10(12(13)14)19(17-8)7-11(20)15-6-9-3-4-16-18(9)2/h3-5,12H,6-7H2,1-2H3,(H,15,20). The molecule has 8 heteroatoms. The van der Waals surface area contributed by atoms with Crippen molar-refractivity contribution in [1.29, 1.82) is 0 Å². The molecule has 0 atom stereocenters. The van der Waals surface area contributed by atoms with Crippen LogP contribution in [0.25, 0.3) is 0 Å². The maximum atomic E-state index is 12.7. The predicted octanol–water partition coefficient (Wildman–Crippen LogP) is 1.18. The van der Waals surface area contributed by atoms with Gasteiger partial charge >= 0.3 is 0 Å². The van der Waals surface area contributed by atoms with Crippen LogP contribution in [0.15, 0.2) is 18.3 Å². The van der Waals surface area contributed by atoms with E-state index in [0.29, 0.717) is 12.2 Å². The SMILES string of the molecule is Cc1cc(C(F)F)n(CC(=O)NCc2ccnn2C)n1. The molecule has 1 N–H and O–H groups in total. The van der Waals surface area contributed by atoms with Crippen molar-refractivity contribution in [1.82, 2.24) is 24.9 Å².